The van der Waals surface area contributed by atoms with E-state index < -0.39 is 0 Å². The normalized spacial score (nSPS) is 14.9. The second kappa shape index (κ2) is 6.92. The lowest BCUT2D eigenvalue weighted by atomic mass is 10.1. The molecular formula is C21H23N5O. The Balaban J connectivity index is 1.80. The van der Waals surface area contributed by atoms with Gasteiger partial charge in [-0.05, 0) is 61.4 Å². The highest BCUT2D eigenvalue weighted by molar-refractivity contribution is 5.91. The van der Waals surface area contributed by atoms with E-state index in [1.54, 1.807) is 6.20 Å². The molecule has 1 fully saturated rings. The molecule has 6 nitrogen and oxygen atoms in total. The number of hydrogen-bond acceptors (Lipinski definition) is 4. The van der Waals surface area contributed by atoms with Crippen molar-refractivity contribution in [2.45, 2.75) is 45.6 Å². The van der Waals surface area contributed by atoms with Crippen molar-refractivity contribution in [2.75, 3.05) is 5.32 Å². The lowest BCUT2D eigenvalue weighted by Gasteiger charge is -2.14. The predicted octanol–water partition coefficient (Wildman–Crippen LogP) is 4.20. The van der Waals surface area contributed by atoms with Crippen LogP contribution in [0.15, 0.2) is 35.3 Å². The molecule has 1 aliphatic carbocycles. The Bertz CT molecular complexity index is 1080. The SMILES string of the molecule is CCc1ccc(Nc2nn(C(CC#N)C3CC3)c3cc[nH]c(=O)c23)cc1C. The Labute approximate surface area is 157 Å². The third kappa shape index (κ3) is 3.21. The number of fused-ring (bicyclic) bond motifs is 1. The molecule has 2 N–H and O–H groups in total. The molecule has 1 atom stereocenters. The van der Waals surface area contributed by atoms with Crippen LogP contribution < -0.4 is 10.9 Å². The minimum absolute atomic E-state index is 0.0130. The van der Waals surface area contributed by atoms with Gasteiger partial charge < -0.3 is 10.3 Å². The summed E-state index contributed by atoms with van der Waals surface area (Å²) in [5.74, 6) is 1.00. The maximum absolute atomic E-state index is 12.5. The fraction of sp³-hybridized carbons (Fsp3) is 0.381. The summed E-state index contributed by atoms with van der Waals surface area (Å²) in [5, 5.41) is 17.8. The average Bonchev–Trinajstić information content (AvgIpc) is 3.43. The molecule has 0 spiro atoms. The van der Waals surface area contributed by atoms with E-state index in [0.717, 1.165) is 30.5 Å². The van der Waals surface area contributed by atoms with Gasteiger partial charge in [-0.1, -0.05) is 13.0 Å². The number of aromatic nitrogens is 3. The maximum atomic E-state index is 12.5. The summed E-state index contributed by atoms with van der Waals surface area (Å²) in [4.78, 5) is 15.3. The number of hydrogen-bond donors (Lipinski definition) is 2. The molecule has 0 amide bonds. The van der Waals surface area contributed by atoms with Crippen molar-refractivity contribution in [3.8, 4) is 6.07 Å². The van der Waals surface area contributed by atoms with Crippen molar-refractivity contribution in [1.82, 2.24) is 14.8 Å². The van der Waals surface area contributed by atoms with Crippen LogP contribution in [0.4, 0.5) is 11.5 Å². The number of rotatable bonds is 6. The second-order valence-corrected chi connectivity index (χ2v) is 7.25. The number of nitriles is 1. The molecule has 0 radical (unpaired) electrons. The number of aromatic amines is 1. The minimum Gasteiger partial charge on any atom is -0.338 e. The number of pyridine rings is 1. The van der Waals surface area contributed by atoms with E-state index in [1.165, 1.54) is 11.1 Å². The van der Waals surface area contributed by atoms with Crippen molar-refractivity contribution in [3.63, 3.8) is 0 Å². The third-order valence-electron chi connectivity index (χ3n) is 5.40. The monoisotopic (exact) mass is 361 g/mol. The Morgan fingerprint density at radius 1 is 1.41 bits per heavy atom. The summed E-state index contributed by atoms with van der Waals surface area (Å²) in [7, 11) is 0. The summed E-state index contributed by atoms with van der Waals surface area (Å²) >= 11 is 0. The van der Waals surface area contributed by atoms with Crippen LogP contribution >= 0.6 is 0 Å². The Kier molecular flexibility index (Phi) is 4.44. The average molecular weight is 361 g/mol. The number of aryl methyl sites for hydroxylation is 2. The van der Waals surface area contributed by atoms with Gasteiger partial charge in [0.1, 0.15) is 5.39 Å². The van der Waals surface area contributed by atoms with E-state index in [9.17, 15) is 10.1 Å². The highest BCUT2D eigenvalue weighted by atomic mass is 16.1. The summed E-state index contributed by atoms with van der Waals surface area (Å²) < 4.78 is 1.88. The van der Waals surface area contributed by atoms with Crippen LogP contribution in [-0.4, -0.2) is 14.8 Å². The van der Waals surface area contributed by atoms with Crippen molar-refractivity contribution >= 4 is 22.4 Å². The molecule has 3 aromatic rings. The number of nitrogens with one attached hydrogen (secondary N) is 2. The van der Waals surface area contributed by atoms with E-state index in [4.69, 9.17) is 5.10 Å². The number of H-pyrrole nitrogens is 1. The van der Waals surface area contributed by atoms with E-state index in [0.29, 0.717) is 23.5 Å². The Hall–Kier alpha value is -3.07. The smallest absolute Gasteiger partial charge is 0.261 e. The van der Waals surface area contributed by atoms with Crippen LogP contribution in [0.1, 0.15) is 43.4 Å². The van der Waals surface area contributed by atoms with Crippen LogP contribution in [-0.2, 0) is 6.42 Å². The highest BCUT2D eigenvalue weighted by Crippen LogP contribution is 2.42. The van der Waals surface area contributed by atoms with Gasteiger partial charge in [0.05, 0.1) is 24.0 Å². The fourth-order valence-electron chi connectivity index (χ4n) is 3.77. The summed E-state index contributed by atoms with van der Waals surface area (Å²) in [6.45, 7) is 4.22. The van der Waals surface area contributed by atoms with Gasteiger partial charge in [0, 0.05) is 11.9 Å². The van der Waals surface area contributed by atoms with Crippen LogP contribution in [0.3, 0.4) is 0 Å². The van der Waals surface area contributed by atoms with Gasteiger partial charge in [-0.15, -0.1) is 0 Å². The maximum Gasteiger partial charge on any atom is 0.261 e. The molecule has 2 heterocycles. The van der Waals surface area contributed by atoms with Gasteiger partial charge in [-0.25, -0.2) is 0 Å². The Morgan fingerprint density at radius 3 is 2.89 bits per heavy atom. The molecular weight excluding hydrogens is 338 g/mol. The fourth-order valence-corrected chi connectivity index (χ4v) is 3.77. The van der Waals surface area contributed by atoms with E-state index in [-0.39, 0.29) is 11.6 Å². The first kappa shape index (κ1) is 17.3. The van der Waals surface area contributed by atoms with Crippen LogP contribution in [0.25, 0.3) is 10.9 Å². The van der Waals surface area contributed by atoms with E-state index in [1.807, 2.05) is 16.8 Å². The quantitative estimate of drug-likeness (QED) is 0.689. The van der Waals surface area contributed by atoms with Crippen molar-refractivity contribution < 1.29 is 0 Å². The zero-order valence-electron chi connectivity index (χ0n) is 15.6. The van der Waals surface area contributed by atoms with Crippen molar-refractivity contribution in [2.24, 2.45) is 5.92 Å². The molecule has 138 valence electrons. The summed E-state index contributed by atoms with van der Waals surface area (Å²) in [5.41, 5.74) is 4.02. The molecule has 0 saturated heterocycles. The lowest BCUT2D eigenvalue weighted by Crippen LogP contribution is -2.13. The topological polar surface area (TPSA) is 86.5 Å². The van der Waals surface area contributed by atoms with Gasteiger partial charge in [0.25, 0.3) is 5.56 Å². The molecule has 1 unspecified atom stereocenters. The highest BCUT2D eigenvalue weighted by Gasteiger charge is 2.34. The zero-order chi connectivity index (χ0) is 19.0. The van der Waals surface area contributed by atoms with Crippen molar-refractivity contribution in [3.05, 3.63) is 51.9 Å². The molecule has 1 saturated carbocycles. The molecule has 4 rings (SSSR count). The molecule has 2 aromatic heterocycles. The summed E-state index contributed by atoms with van der Waals surface area (Å²) in [6, 6.07) is 10.4. The molecule has 6 heteroatoms. The number of benzene rings is 1. The molecule has 1 aliphatic rings. The standard InChI is InChI=1S/C21H23N5O/c1-3-14-6-7-16(12-13(14)2)24-20-19-18(9-11-23-21(19)27)26(25-20)17(8-10-22)15-4-5-15/h6-7,9,11-12,15,17H,3-5,8H2,1-2H3,(H,23,27)(H,24,25). The minimum atomic E-state index is -0.172. The van der Waals surface area contributed by atoms with Gasteiger partial charge in [-0.3, -0.25) is 9.48 Å². The number of nitrogens with zero attached hydrogens (tertiary/aromatic N) is 3. The van der Waals surface area contributed by atoms with Gasteiger partial charge >= 0.3 is 0 Å². The van der Waals surface area contributed by atoms with Gasteiger partial charge in [0.2, 0.25) is 0 Å². The second-order valence-electron chi connectivity index (χ2n) is 7.25. The molecule has 0 aliphatic heterocycles. The largest absolute Gasteiger partial charge is 0.338 e. The first-order valence-corrected chi connectivity index (χ1v) is 9.45. The van der Waals surface area contributed by atoms with Crippen LogP contribution in [0.2, 0.25) is 0 Å². The van der Waals surface area contributed by atoms with Crippen LogP contribution in [0.5, 0.6) is 0 Å². The first-order chi connectivity index (χ1) is 13.1. The third-order valence-corrected chi connectivity index (χ3v) is 5.40. The lowest BCUT2D eigenvalue weighted by molar-refractivity contribution is 0.426. The zero-order valence-corrected chi connectivity index (χ0v) is 15.6. The van der Waals surface area contributed by atoms with Crippen LogP contribution in [0, 0.1) is 24.2 Å². The molecule has 1 aromatic carbocycles. The summed E-state index contributed by atoms with van der Waals surface area (Å²) in [6.07, 6.45) is 5.25. The first-order valence-electron chi connectivity index (χ1n) is 9.45. The Morgan fingerprint density at radius 2 is 2.22 bits per heavy atom. The predicted molar refractivity (Wildman–Crippen MR) is 106 cm³/mol. The van der Waals surface area contributed by atoms with Crippen molar-refractivity contribution in [1.29, 1.82) is 5.26 Å². The molecule has 27 heavy (non-hydrogen) atoms. The van der Waals surface area contributed by atoms with Gasteiger partial charge in [0.15, 0.2) is 5.82 Å². The number of anilines is 2. The van der Waals surface area contributed by atoms with E-state index >= 15 is 0 Å². The molecule has 0 bridgehead atoms. The van der Waals surface area contributed by atoms with Gasteiger partial charge in [-0.2, -0.15) is 10.4 Å². The van der Waals surface area contributed by atoms with E-state index in [2.05, 4.69) is 42.4 Å².